The Morgan fingerprint density at radius 1 is 1.37 bits per heavy atom. The first kappa shape index (κ1) is 15.4. The largest absolute Gasteiger partial charge is 0.481 e. The van der Waals surface area contributed by atoms with Crippen molar-refractivity contribution in [2.45, 2.75) is 33.7 Å². The number of urea groups is 1. The van der Waals surface area contributed by atoms with Crippen LogP contribution in [0.2, 0.25) is 0 Å². The molecular formula is C12H19N3O3S. The van der Waals surface area contributed by atoms with Crippen molar-refractivity contribution in [2.24, 2.45) is 5.92 Å². The molecule has 6 nitrogen and oxygen atoms in total. The summed E-state index contributed by atoms with van der Waals surface area (Å²) in [5.74, 6) is -1.53. The molecule has 0 aliphatic carbocycles. The van der Waals surface area contributed by atoms with Crippen molar-refractivity contribution in [1.82, 2.24) is 15.6 Å². The highest BCUT2D eigenvalue weighted by Gasteiger charge is 2.16. The number of carbonyl (C=O) groups is 2. The first-order chi connectivity index (χ1) is 8.81. The van der Waals surface area contributed by atoms with E-state index >= 15 is 0 Å². The van der Waals surface area contributed by atoms with Crippen molar-refractivity contribution >= 4 is 23.3 Å². The molecule has 19 heavy (non-hydrogen) atoms. The zero-order chi connectivity index (χ0) is 14.6. The highest BCUT2D eigenvalue weighted by Crippen LogP contribution is 2.24. The first-order valence-corrected chi connectivity index (χ1v) is 6.84. The predicted molar refractivity (Wildman–Crippen MR) is 73.3 cm³/mol. The van der Waals surface area contributed by atoms with E-state index in [1.807, 2.05) is 20.8 Å². The summed E-state index contributed by atoms with van der Waals surface area (Å²) in [4.78, 5) is 27.6. The van der Waals surface area contributed by atoms with Crippen LogP contribution in [-0.2, 0) is 4.79 Å². The molecule has 3 N–H and O–H groups in total. The number of hydrogen-bond donors (Lipinski definition) is 3. The smallest absolute Gasteiger partial charge is 0.315 e. The van der Waals surface area contributed by atoms with Crippen LogP contribution in [0.3, 0.4) is 0 Å². The number of amides is 2. The van der Waals surface area contributed by atoms with Gasteiger partial charge in [0.05, 0.1) is 22.7 Å². The molecule has 0 saturated carbocycles. The summed E-state index contributed by atoms with van der Waals surface area (Å²) >= 11 is 1.55. The van der Waals surface area contributed by atoms with Gasteiger partial charge in [-0.2, -0.15) is 0 Å². The van der Waals surface area contributed by atoms with Gasteiger partial charge in [-0.15, -0.1) is 11.3 Å². The van der Waals surface area contributed by atoms with Crippen LogP contribution in [0.5, 0.6) is 0 Å². The summed E-state index contributed by atoms with van der Waals surface area (Å²) in [6.45, 7) is 7.35. The van der Waals surface area contributed by atoms with Crippen molar-refractivity contribution in [3.63, 3.8) is 0 Å². The lowest BCUT2D eigenvalue weighted by Gasteiger charge is -2.14. The van der Waals surface area contributed by atoms with E-state index in [1.54, 1.807) is 18.3 Å². The number of rotatable bonds is 5. The number of aromatic nitrogens is 1. The molecule has 0 radical (unpaired) electrons. The van der Waals surface area contributed by atoms with Gasteiger partial charge in [0.25, 0.3) is 0 Å². The topological polar surface area (TPSA) is 91.3 Å². The predicted octanol–water partition coefficient (Wildman–Crippen LogP) is 1.84. The van der Waals surface area contributed by atoms with E-state index in [0.717, 1.165) is 15.6 Å². The maximum atomic E-state index is 11.6. The molecule has 1 aromatic heterocycles. The van der Waals surface area contributed by atoms with Crippen LogP contribution in [0.4, 0.5) is 4.79 Å². The number of carbonyl (C=O) groups excluding carboxylic acids is 1. The summed E-state index contributed by atoms with van der Waals surface area (Å²) in [7, 11) is 0. The van der Waals surface area contributed by atoms with Crippen LogP contribution < -0.4 is 10.6 Å². The Kier molecular flexibility index (Phi) is 5.29. The van der Waals surface area contributed by atoms with Crippen LogP contribution >= 0.6 is 11.3 Å². The van der Waals surface area contributed by atoms with Gasteiger partial charge in [-0.1, -0.05) is 6.92 Å². The van der Waals surface area contributed by atoms with E-state index in [1.165, 1.54) is 0 Å². The summed E-state index contributed by atoms with van der Waals surface area (Å²) in [5, 5.41) is 15.0. The van der Waals surface area contributed by atoms with E-state index in [4.69, 9.17) is 5.11 Å². The van der Waals surface area contributed by atoms with Crippen molar-refractivity contribution in [1.29, 1.82) is 0 Å². The fraction of sp³-hybridized carbons (Fsp3) is 0.583. The number of aliphatic carboxylic acids is 1. The van der Waals surface area contributed by atoms with Gasteiger partial charge in [0.2, 0.25) is 0 Å². The fourth-order valence-corrected chi connectivity index (χ4v) is 2.52. The van der Waals surface area contributed by atoms with E-state index < -0.39 is 11.9 Å². The number of nitrogens with one attached hydrogen (secondary N) is 2. The number of carboxylic acid groups (broad SMARTS) is 1. The highest BCUT2D eigenvalue weighted by atomic mass is 32.1. The lowest BCUT2D eigenvalue weighted by atomic mass is 10.2. The summed E-state index contributed by atoms with van der Waals surface area (Å²) in [5.41, 5.74) is 0.911. The standard InChI is InChI=1S/C12H19N3O3S/c1-6(11(16)17)5-13-12(18)15-8(3)10-7(2)14-9(4)19-10/h6,8H,5H2,1-4H3,(H,16,17)(H2,13,15,18). The van der Waals surface area contributed by atoms with Crippen molar-refractivity contribution in [3.05, 3.63) is 15.6 Å². The quantitative estimate of drug-likeness (QED) is 0.770. The molecule has 0 bridgehead atoms. The molecule has 0 spiro atoms. The molecule has 2 amide bonds. The van der Waals surface area contributed by atoms with E-state index in [0.29, 0.717) is 0 Å². The van der Waals surface area contributed by atoms with Gasteiger partial charge in [-0.3, -0.25) is 4.79 Å². The molecule has 0 saturated heterocycles. The second-order valence-electron chi connectivity index (χ2n) is 4.50. The Morgan fingerprint density at radius 2 is 2.00 bits per heavy atom. The summed E-state index contributed by atoms with van der Waals surface area (Å²) < 4.78 is 0. The van der Waals surface area contributed by atoms with Gasteiger partial charge >= 0.3 is 12.0 Å². The SMILES string of the molecule is Cc1nc(C)c(C(C)NC(=O)NCC(C)C(=O)O)s1. The summed E-state index contributed by atoms with van der Waals surface area (Å²) in [6, 6.07) is -0.516. The Balaban J connectivity index is 2.48. The minimum absolute atomic E-state index is 0.106. The second kappa shape index (κ2) is 6.51. The van der Waals surface area contributed by atoms with Gasteiger partial charge < -0.3 is 15.7 Å². The molecule has 1 heterocycles. The van der Waals surface area contributed by atoms with Gasteiger partial charge in [0.1, 0.15) is 0 Å². The molecule has 2 unspecified atom stereocenters. The van der Waals surface area contributed by atoms with Gasteiger partial charge in [-0.05, 0) is 20.8 Å². The Labute approximate surface area is 116 Å². The lowest BCUT2D eigenvalue weighted by molar-refractivity contribution is -0.140. The van der Waals surface area contributed by atoms with E-state index in [2.05, 4.69) is 15.6 Å². The second-order valence-corrected chi connectivity index (χ2v) is 5.73. The molecule has 1 rings (SSSR count). The van der Waals surface area contributed by atoms with Crippen LogP contribution in [0.15, 0.2) is 0 Å². The van der Waals surface area contributed by atoms with Crippen LogP contribution in [0.1, 0.15) is 35.5 Å². The van der Waals surface area contributed by atoms with Gasteiger partial charge in [0.15, 0.2) is 0 Å². The Bertz CT molecular complexity index is 473. The number of aryl methyl sites for hydroxylation is 2. The van der Waals surface area contributed by atoms with Crippen molar-refractivity contribution in [3.8, 4) is 0 Å². The average Bonchev–Trinajstić information content (AvgIpc) is 2.65. The van der Waals surface area contributed by atoms with Crippen LogP contribution in [-0.4, -0.2) is 28.6 Å². The zero-order valence-corrected chi connectivity index (χ0v) is 12.3. The lowest BCUT2D eigenvalue weighted by Crippen LogP contribution is -2.40. The number of thiazole rings is 1. The molecular weight excluding hydrogens is 266 g/mol. The third kappa shape index (κ3) is 4.51. The third-order valence-electron chi connectivity index (χ3n) is 2.67. The van der Waals surface area contributed by atoms with Gasteiger partial charge in [-0.25, -0.2) is 9.78 Å². The van der Waals surface area contributed by atoms with E-state index in [-0.39, 0.29) is 18.6 Å². The van der Waals surface area contributed by atoms with Crippen LogP contribution in [0, 0.1) is 19.8 Å². The molecule has 0 aliphatic heterocycles. The molecule has 1 aromatic rings. The monoisotopic (exact) mass is 285 g/mol. The third-order valence-corrected chi connectivity index (χ3v) is 3.93. The van der Waals surface area contributed by atoms with Crippen molar-refractivity contribution in [2.75, 3.05) is 6.54 Å². The minimum Gasteiger partial charge on any atom is -0.481 e. The fourth-order valence-electron chi connectivity index (χ4n) is 1.60. The average molecular weight is 285 g/mol. The molecule has 0 aromatic carbocycles. The highest BCUT2D eigenvalue weighted by molar-refractivity contribution is 7.11. The maximum absolute atomic E-state index is 11.6. The Morgan fingerprint density at radius 3 is 2.47 bits per heavy atom. The number of hydrogen-bond acceptors (Lipinski definition) is 4. The maximum Gasteiger partial charge on any atom is 0.315 e. The van der Waals surface area contributed by atoms with Crippen LogP contribution in [0.25, 0.3) is 0 Å². The summed E-state index contributed by atoms with van der Waals surface area (Å²) in [6.07, 6.45) is 0. The molecule has 0 aliphatic rings. The van der Waals surface area contributed by atoms with E-state index in [9.17, 15) is 9.59 Å². The molecule has 0 fully saturated rings. The Hall–Kier alpha value is -1.63. The molecule has 106 valence electrons. The number of carboxylic acids is 1. The zero-order valence-electron chi connectivity index (χ0n) is 11.5. The normalized spacial score (nSPS) is 13.7. The first-order valence-electron chi connectivity index (χ1n) is 6.02. The number of nitrogens with zero attached hydrogens (tertiary/aromatic N) is 1. The molecule has 2 atom stereocenters. The van der Waals surface area contributed by atoms with Crippen molar-refractivity contribution < 1.29 is 14.7 Å². The van der Waals surface area contributed by atoms with Gasteiger partial charge in [0, 0.05) is 11.4 Å². The minimum atomic E-state index is -0.928. The molecule has 7 heteroatoms.